The minimum atomic E-state index is -0.0675. The number of thiophene rings is 1. The molecule has 1 aromatic carbocycles. The molecule has 0 spiro atoms. The number of fused-ring (bicyclic) bond motifs is 3. The molecule has 0 atom stereocenters. The van der Waals surface area contributed by atoms with Crippen LogP contribution in [0.1, 0.15) is 34.7 Å². The van der Waals surface area contributed by atoms with E-state index in [2.05, 4.69) is 10.1 Å². The molecule has 0 radical (unpaired) electrons. The van der Waals surface area contributed by atoms with Crippen LogP contribution < -0.4 is 5.56 Å². The maximum atomic E-state index is 13.0. The molecule has 0 amide bonds. The number of aromatic nitrogens is 2. The van der Waals surface area contributed by atoms with Crippen molar-refractivity contribution in [3.63, 3.8) is 0 Å². The van der Waals surface area contributed by atoms with Crippen molar-refractivity contribution in [1.29, 1.82) is 0 Å². The van der Waals surface area contributed by atoms with Crippen molar-refractivity contribution in [3.8, 4) is 0 Å². The number of nitrogens with zero attached hydrogens (tertiary/aromatic N) is 3. The molecule has 3 aromatic rings. The zero-order chi connectivity index (χ0) is 16.7. The van der Waals surface area contributed by atoms with Gasteiger partial charge in [0, 0.05) is 9.90 Å². The van der Waals surface area contributed by atoms with Gasteiger partial charge in [-0.15, -0.1) is 11.3 Å². The van der Waals surface area contributed by atoms with Crippen molar-refractivity contribution >= 4 is 39.4 Å². The van der Waals surface area contributed by atoms with E-state index in [0.29, 0.717) is 10.8 Å². The molecular weight excluding hydrogens is 342 g/mol. The lowest BCUT2D eigenvalue weighted by Crippen LogP contribution is -2.21. The standard InChI is InChI=1S/C18H16ClN3OS/c1-11-21-17-16(14-4-2-3-5-15(14)24-17)18(23)22(11)20-10-12-6-8-13(19)9-7-12/h6-10H,2-5H2,1H3/b20-10+. The quantitative estimate of drug-likeness (QED) is 0.646. The van der Waals surface area contributed by atoms with E-state index in [1.165, 1.54) is 21.5 Å². The summed E-state index contributed by atoms with van der Waals surface area (Å²) >= 11 is 7.55. The number of hydrogen-bond acceptors (Lipinski definition) is 4. The predicted octanol–water partition coefficient (Wildman–Crippen LogP) is 4.18. The van der Waals surface area contributed by atoms with Gasteiger partial charge in [-0.05, 0) is 55.9 Å². The van der Waals surface area contributed by atoms with Gasteiger partial charge in [-0.25, -0.2) is 4.98 Å². The lowest BCUT2D eigenvalue weighted by atomic mass is 9.97. The fraction of sp³-hybridized carbons (Fsp3) is 0.278. The van der Waals surface area contributed by atoms with Gasteiger partial charge in [-0.3, -0.25) is 4.79 Å². The lowest BCUT2D eigenvalue weighted by molar-refractivity contribution is 0.698. The summed E-state index contributed by atoms with van der Waals surface area (Å²) in [6, 6.07) is 7.33. The molecule has 6 heteroatoms. The second kappa shape index (κ2) is 6.15. The molecule has 0 saturated carbocycles. The number of hydrogen-bond donors (Lipinski definition) is 0. The highest BCUT2D eigenvalue weighted by Crippen LogP contribution is 2.33. The Bertz CT molecular complexity index is 1000. The first-order chi connectivity index (χ1) is 11.6. The predicted molar refractivity (Wildman–Crippen MR) is 99.7 cm³/mol. The van der Waals surface area contributed by atoms with E-state index in [9.17, 15) is 4.79 Å². The van der Waals surface area contributed by atoms with Gasteiger partial charge in [-0.1, -0.05) is 23.7 Å². The van der Waals surface area contributed by atoms with Gasteiger partial charge >= 0.3 is 0 Å². The lowest BCUT2D eigenvalue weighted by Gasteiger charge is -2.10. The van der Waals surface area contributed by atoms with Gasteiger partial charge in [0.1, 0.15) is 10.7 Å². The molecule has 0 aliphatic heterocycles. The van der Waals surface area contributed by atoms with Crippen molar-refractivity contribution in [1.82, 2.24) is 9.66 Å². The molecule has 0 bridgehead atoms. The molecule has 1 aliphatic carbocycles. The molecule has 4 nitrogen and oxygen atoms in total. The third-order valence-corrected chi connectivity index (χ3v) is 5.76. The maximum absolute atomic E-state index is 13.0. The van der Waals surface area contributed by atoms with Crippen LogP contribution in [0.2, 0.25) is 5.02 Å². The maximum Gasteiger partial charge on any atom is 0.283 e. The minimum absolute atomic E-state index is 0.0675. The highest BCUT2D eigenvalue weighted by molar-refractivity contribution is 7.18. The Morgan fingerprint density at radius 1 is 1.25 bits per heavy atom. The summed E-state index contributed by atoms with van der Waals surface area (Å²) in [5.41, 5.74) is 2.01. The van der Waals surface area contributed by atoms with Crippen molar-refractivity contribution in [2.24, 2.45) is 5.10 Å². The summed E-state index contributed by atoms with van der Waals surface area (Å²) in [6.45, 7) is 1.82. The topological polar surface area (TPSA) is 47.2 Å². The highest BCUT2D eigenvalue weighted by Gasteiger charge is 2.20. The third kappa shape index (κ3) is 2.68. The number of benzene rings is 1. The first-order valence-corrected chi connectivity index (χ1v) is 9.17. The van der Waals surface area contributed by atoms with Crippen molar-refractivity contribution in [2.45, 2.75) is 32.6 Å². The van der Waals surface area contributed by atoms with Crippen LogP contribution in [-0.2, 0) is 12.8 Å². The minimum Gasteiger partial charge on any atom is -0.267 e. The van der Waals surface area contributed by atoms with E-state index in [1.54, 1.807) is 29.7 Å². The van der Waals surface area contributed by atoms with E-state index >= 15 is 0 Å². The summed E-state index contributed by atoms with van der Waals surface area (Å²) in [4.78, 5) is 19.7. The molecule has 0 saturated heterocycles. The Balaban J connectivity index is 1.83. The van der Waals surface area contributed by atoms with Crippen LogP contribution in [0.25, 0.3) is 10.2 Å². The smallest absolute Gasteiger partial charge is 0.267 e. The Labute approximate surface area is 148 Å². The summed E-state index contributed by atoms with van der Waals surface area (Å²) in [7, 11) is 0. The average molecular weight is 358 g/mol. The molecule has 1 aliphatic rings. The first-order valence-electron chi connectivity index (χ1n) is 7.97. The second-order valence-corrected chi connectivity index (χ2v) is 7.48. The van der Waals surface area contributed by atoms with Crippen LogP contribution in [0, 0.1) is 6.92 Å². The van der Waals surface area contributed by atoms with Gasteiger partial charge in [0.15, 0.2) is 0 Å². The SMILES string of the molecule is Cc1nc2sc3c(c2c(=O)n1/N=C/c1ccc(Cl)cc1)CCCC3. The van der Waals surface area contributed by atoms with E-state index in [4.69, 9.17) is 11.6 Å². The number of halogens is 1. The van der Waals surface area contributed by atoms with Crippen LogP contribution in [0.5, 0.6) is 0 Å². The van der Waals surface area contributed by atoms with Crippen LogP contribution >= 0.6 is 22.9 Å². The highest BCUT2D eigenvalue weighted by atomic mass is 35.5. The second-order valence-electron chi connectivity index (χ2n) is 5.96. The molecule has 0 N–H and O–H groups in total. The van der Waals surface area contributed by atoms with Crippen molar-refractivity contribution in [2.75, 3.05) is 0 Å². The summed E-state index contributed by atoms with van der Waals surface area (Å²) in [5, 5.41) is 5.79. The average Bonchev–Trinajstić information content (AvgIpc) is 2.94. The summed E-state index contributed by atoms with van der Waals surface area (Å²) in [6.07, 6.45) is 6.03. The van der Waals surface area contributed by atoms with Crippen molar-refractivity contribution < 1.29 is 0 Å². The van der Waals surface area contributed by atoms with Gasteiger partial charge < -0.3 is 0 Å². The van der Waals surface area contributed by atoms with E-state index in [0.717, 1.165) is 35.0 Å². The summed E-state index contributed by atoms with van der Waals surface area (Å²) < 4.78 is 1.40. The van der Waals surface area contributed by atoms with Crippen LogP contribution in [-0.4, -0.2) is 15.9 Å². The Hall–Kier alpha value is -1.98. The van der Waals surface area contributed by atoms with Crippen molar-refractivity contribution in [3.05, 3.63) is 61.5 Å². The summed E-state index contributed by atoms with van der Waals surface area (Å²) in [5.74, 6) is 0.608. The van der Waals surface area contributed by atoms with E-state index < -0.39 is 0 Å². The molecule has 122 valence electrons. The Kier molecular flexibility index (Phi) is 3.98. The molecule has 24 heavy (non-hydrogen) atoms. The van der Waals surface area contributed by atoms with Gasteiger partial charge in [0.05, 0.1) is 11.6 Å². The van der Waals surface area contributed by atoms with Gasteiger partial charge in [0.25, 0.3) is 5.56 Å². The zero-order valence-corrected chi connectivity index (χ0v) is 14.8. The zero-order valence-electron chi connectivity index (χ0n) is 13.3. The van der Waals surface area contributed by atoms with E-state index in [1.807, 2.05) is 19.1 Å². The fourth-order valence-corrected chi connectivity index (χ4v) is 4.53. The largest absolute Gasteiger partial charge is 0.283 e. The fourth-order valence-electron chi connectivity index (χ4n) is 3.11. The molecule has 2 aromatic heterocycles. The van der Waals surface area contributed by atoms with Crippen LogP contribution in [0.15, 0.2) is 34.2 Å². The first kappa shape index (κ1) is 15.5. The number of aryl methyl sites for hydroxylation is 3. The van der Waals surface area contributed by atoms with E-state index in [-0.39, 0.29) is 5.56 Å². The van der Waals surface area contributed by atoms with Gasteiger partial charge in [0.2, 0.25) is 0 Å². The van der Waals surface area contributed by atoms with Gasteiger partial charge in [-0.2, -0.15) is 9.78 Å². The monoisotopic (exact) mass is 357 g/mol. The Morgan fingerprint density at radius 3 is 2.79 bits per heavy atom. The molecule has 0 unspecified atom stereocenters. The van der Waals surface area contributed by atoms with Crippen LogP contribution in [0.3, 0.4) is 0 Å². The molecule has 4 rings (SSSR count). The molecule has 2 heterocycles. The van der Waals surface area contributed by atoms with Crippen LogP contribution in [0.4, 0.5) is 0 Å². The molecular formula is C18H16ClN3OS. The normalized spacial score (nSPS) is 14.4. The molecule has 0 fully saturated rings. The third-order valence-electron chi connectivity index (χ3n) is 4.32. The number of rotatable bonds is 2. The Morgan fingerprint density at radius 2 is 2.00 bits per heavy atom.